The molecular formula is C13H24N2O4. The first kappa shape index (κ1) is 15.8. The van der Waals surface area contributed by atoms with Gasteiger partial charge >= 0.3 is 12.0 Å². The van der Waals surface area contributed by atoms with Gasteiger partial charge in [-0.25, -0.2) is 9.59 Å². The number of hydrogen-bond acceptors (Lipinski definition) is 3. The number of carboxylic acids is 1. The van der Waals surface area contributed by atoms with E-state index in [0.29, 0.717) is 19.4 Å². The number of carbonyl (C=O) groups excluding carboxylic acids is 1. The SMILES string of the molecule is CCC(C)(NC(=O)N1CCCC1CCCO)C(=O)O. The van der Waals surface area contributed by atoms with Crippen LogP contribution in [0.4, 0.5) is 4.79 Å². The summed E-state index contributed by atoms with van der Waals surface area (Å²) >= 11 is 0. The summed E-state index contributed by atoms with van der Waals surface area (Å²) in [5.74, 6) is -1.02. The Morgan fingerprint density at radius 1 is 1.47 bits per heavy atom. The highest BCUT2D eigenvalue weighted by Crippen LogP contribution is 2.22. The lowest BCUT2D eigenvalue weighted by Crippen LogP contribution is -2.56. The van der Waals surface area contributed by atoms with Gasteiger partial charge in [-0.2, -0.15) is 0 Å². The number of aliphatic carboxylic acids is 1. The molecule has 0 aliphatic carbocycles. The van der Waals surface area contributed by atoms with E-state index in [-0.39, 0.29) is 18.7 Å². The molecule has 2 amide bonds. The molecule has 3 N–H and O–H groups in total. The fourth-order valence-corrected chi connectivity index (χ4v) is 2.33. The molecule has 0 aromatic carbocycles. The lowest BCUT2D eigenvalue weighted by molar-refractivity contribution is -0.143. The van der Waals surface area contributed by atoms with E-state index in [1.807, 2.05) is 0 Å². The van der Waals surface area contributed by atoms with Crippen LogP contribution in [-0.4, -0.2) is 51.8 Å². The summed E-state index contributed by atoms with van der Waals surface area (Å²) in [7, 11) is 0. The molecule has 0 radical (unpaired) electrons. The van der Waals surface area contributed by atoms with Gasteiger partial charge in [-0.05, 0) is 39.0 Å². The Labute approximate surface area is 113 Å². The van der Waals surface area contributed by atoms with Crippen LogP contribution in [0, 0.1) is 0 Å². The minimum Gasteiger partial charge on any atom is -0.480 e. The molecule has 2 unspecified atom stereocenters. The van der Waals surface area contributed by atoms with Crippen LogP contribution >= 0.6 is 0 Å². The molecule has 0 aromatic rings. The van der Waals surface area contributed by atoms with Crippen LogP contribution in [0.1, 0.15) is 46.0 Å². The van der Waals surface area contributed by atoms with Crippen molar-refractivity contribution in [1.29, 1.82) is 0 Å². The van der Waals surface area contributed by atoms with Crippen molar-refractivity contribution in [2.45, 2.75) is 57.5 Å². The van der Waals surface area contributed by atoms with Gasteiger partial charge in [0.1, 0.15) is 5.54 Å². The highest BCUT2D eigenvalue weighted by atomic mass is 16.4. The average molecular weight is 272 g/mol. The van der Waals surface area contributed by atoms with E-state index in [9.17, 15) is 9.59 Å². The van der Waals surface area contributed by atoms with E-state index in [1.54, 1.807) is 11.8 Å². The summed E-state index contributed by atoms with van der Waals surface area (Å²) in [5, 5.41) is 20.6. The predicted molar refractivity (Wildman–Crippen MR) is 70.9 cm³/mol. The van der Waals surface area contributed by atoms with E-state index >= 15 is 0 Å². The number of aliphatic hydroxyl groups excluding tert-OH is 1. The molecule has 1 aliphatic heterocycles. The van der Waals surface area contributed by atoms with Gasteiger partial charge in [-0.3, -0.25) is 0 Å². The van der Waals surface area contributed by atoms with Gasteiger partial charge in [0.2, 0.25) is 0 Å². The van der Waals surface area contributed by atoms with Crippen LogP contribution in [0.3, 0.4) is 0 Å². The largest absolute Gasteiger partial charge is 0.480 e. The second-order valence-electron chi connectivity index (χ2n) is 5.28. The molecule has 1 saturated heterocycles. The molecule has 1 rings (SSSR count). The number of carbonyl (C=O) groups is 2. The fourth-order valence-electron chi connectivity index (χ4n) is 2.33. The predicted octanol–water partition coefficient (Wildman–Crippen LogP) is 1.19. The maximum Gasteiger partial charge on any atom is 0.329 e. The van der Waals surface area contributed by atoms with Crippen LogP contribution in [-0.2, 0) is 4.79 Å². The lowest BCUT2D eigenvalue weighted by atomic mass is 9.99. The smallest absolute Gasteiger partial charge is 0.329 e. The molecule has 1 aliphatic rings. The molecule has 2 atom stereocenters. The number of likely N-dealkylation sites (tertiary alicyclic amines) is 1. The van der Waals surface area contributed by atoms with Gasteiger partial charge < -0.3 is 20.4 Å². The molecule has 0 saturated carbocycles. The first-order valence-corrected chi connectivity index (χ1v) is 6.87. The van der Waals surface area contributed by atoms with Crippen molar-refractivity contribution in [2.75, 3.05) is 13.2 Å². The zero-order valence-corrected chi connectivity index (χ0v) is 11.7. The first-order chi connectivity index (χ1) is 8.94. The summed E-state index contributed by atoms with van der Waals surface area (Å²) in [6, 6.07) is -0.200. The van der Waals surface area contributed by atoms with Crippen molar-refractivity contribution in [1.82, 2.24) is 10.2 Å². The zero-order valence-electron chi connectivity index (χ0n) is 11.7. The zero-order chi connectivity index (χ0) is 14.5. The Bertz CT molecular complexity index is 335. The van der Waals surface area contributed by atoms with E-state index in [2.05, 4.69) is 5.32 Å². The third kappa shape index (κ3) is 3.83. The first-order valence-electron chi connectivity index (χ1n) is 6.87. The molecule has 6 heteroatoms. The van der Waals surface area contributed by atoms with E-state index in [4.69, 9.17) is 10.2 Å². The second kappa shape index (κ2) is 6.75. The van der Waals surface area contributed by atoms with E-state index < -0.39 is 11.5 Å². The number of amides is 2. The number of rotatable bonds is 6. The van der Waals surface area contributed by atoms with E-state index in [1.165, 1.54) is 6.92 Å². The topological polar surface area (TPSA) is 89.9 Å². The van der Waals surface area contributed by atoms with Gasteiger partial charge in [-0.15, -0.1) is 0 Å². The Morgan fingerprint density at radius 3 is 2.68 bits per heavy atom. The molecule has 0 bridgehead atoms. The average Bonchev–Trinajstić information content (AvgIpc) is 2.84. The Hall–Kier alpha value is -1.30. The number of urea groups is 1. The molecule has 19 heavy (non-hydrogen) atoms. The highest BCUT2D eigenvalue weighted by Gasteiger charge is 2.36. The normalized spacial score (nSPS) is 22.1. The number of nitrogens with zero attached hydrogens (tertiary/aromatic N) is 1. The lowest BCUT2D eigenvalue weighted by Gasteiger charge is -2.31. The van der Waals surface area contributed by atoms with Crippen molar-refractivity contribution in [3.05, 3.63) is 0 Å². The van der Waals surface area contributed by atoms with Crippen molar-refractivity contribution in [3.8, 4) is 0 Å². The van der Waals surface area contributed by atoms with Crippen molar-refractivity contribution >= 4 is 12.0 Å². The maximum atomic E-state index is 12.2. The van der Waals surface area contributed by atoms with Crippen LogP contribution in [0.2, 0.25) is 0 Å². The third-order valence-electron chi connectivity index (χ3n) is 3.90. The summed E-state index contributed by atoms with van der Waals surface area (Å²) in [4.78, 5) is 25.1. The number of hydrogen-bond donors (Lipinski definition) is 3. The Kier molecular flexibility index (Phi) is 5.60. The monoisotopic (exact) mass is 272 g/mol. The standard InChI is InChI=1S/C13H24N2O4/c1-3-13(2,11(17)18)14-12(19)15-8-4-6-10(15)7-5-9-16/h10,16H,3-9H2,1-2H3,(H,14,19)(H,17,18). The third-order valence-corrected chi connectivity index (χ3v) is 3.90. The van der Waals surface area contributed by atoms with Gasteiger partial charge in [-0.1, -0.05) is 6.92 Å². The maximum absolute atomic E-state index is 12.2. The van der Waals surface area contributed by atoms with Crippen LogP contribution in [0.5, 0.6) is 0 Å². The molecule has 0 spiro atoms. The molecule has 0 aromatic heterocycles. The minimum absolute atomic E-state index is 0.113. The quantitative estimate of drug-likeness (QED) is 0.677. The molecule has 1 fully saturated rings. The van der Waals surface area contributed by atoms with Crippen molar-refractivity contribution in [3.63, 3.8) is 0 Å². The number of aliphatic hydroxyl groups is 1. The van der Waals surface area contributed by atoms with Crippen molar-refractivity contribution < 1.29 is 19.8 Å². The minimum atomic E-state index is -1.22. The Balaban J connectivity index is 2.63. The van der Waals surface area contributed by atoms with Crippen LogP contribution < -0.4 is 5.32 Å². The second-order valence-corrected chi connectivity index (χ2v) is 5.28. The van der Waals surface area contributed by atoms with Gasteiger partial charge in [0.05, 0.1) is 0 Å². The van der Waals surface area contributed by atoms with Gasteiger partial charge in [0.25, 0.3) is 0 Å². The fraction of sp³-hybridized carbons (Fsp3) is 0.846. The number of nitrogens with one attached hydrogen (secondary N) is 1. The summed E-state index contributed by atoms with van der Waals surface area (Å²) in [5.41, 5.74) is -1.22. The summed E-state index contributed by atoms with van der Waals surface area (Å²) in [6.07, 6.45) is 3.62. The van der Waals surface area contributed by atoms with Crippen molar-refractivity contribution in [2.24, 2.45) is 0 Å². The molecule has 6 nitrogen and oxygen atoms in total. The van der Waals surface area contributed by atoms with Gasteiger partial charge in [0.15, 0.2) is 0 Å². The summed E-state index contributed by atoms with van der Waals surface area (Å²) in [6.45, 7) is 4.03. The Morgan fingerprint density at radius 2 is 2.16 bits per heavy atom. The van der Waals surface area contributed by atoms with Gasteiger partial charge in [0, 0.05) is 19.2 Å². The summed E-state index contributed by atoms with van der Waals surface area (Å²) < 4.78 is 0. The molecule has 1 heterocycles. The molecular weight excluding hydrogens is 248 g/mol. The molecule has 110 valence electrons. The van der Waals surface area contributed by atoms with Crippen LogP contribution in [0.25, 0.3) is 0 Å². The van der Waals surface area contributed by atoms with E-state index in [0.717, 1.165) is 19.3 Å². The van der Waals surface area contributed by atoms with Crippen LogP contribution in [0.15, 0.2) is 0 Å². The highest BCUT2D eigenvalue weighted by molar-refractivity contribution is 5.86. The number of carboxylic acid groups (broad SMARTS) is 1.